The standard InChI is InChI=1S/C14H17BrN2O/c1-9-2-3-12(13(15)4-9)14(18)17-7-10-5-16-6-11(10)8-17/h2-4,10-11,16H,5-8H2,1H3. The molecule has 0 saturated carbocycles. The summed E-state index contributed by atoms with van der Waals surface area (Å²) in [6.45, 7) is 5.95. The van der Waals surface area contributed by atoms with Crippen LogP contribution in [0.25, 0.3) is 0 Å². The Morgan fingerprint density at radius 2 is 2.00 bits per heavy atom. The molecule has 0 radical (unpaired) electrons. The third-order valence-corrected chi connectivity index (χ3v) is 4.69. The van der Waals surface area contributed by atoms with Gasteiger partial charge in [-0.15, -0.1) is 0 Å². The fraction of sp³-hybridized carbons (Fsp3) is 0.500. The number of hydrogen-bond acceptors (Lipinski definition) is 2. The average molecular weight is 309 g/mol. The van der Waals surface area contributed by atoms with Crippen LogP contribution >= 0.6 is 15.9 Å². The van der Waals surface area contributed by atoms with Crippen LogP contribution in [0.1, 0.15) is 15.9 Å². The summed E-state index contributed by atoms with van der Waals surface area (Å²) in [5, 5.41) is 3.40. The van der Waals surface area contributed by atoms with Crippen molar-refractivity contribution in [1.82, 2.24) is 10.2 Å². The molecular formula is C14H17BrN2O. The molecular weight excluding hydrogens is 292 g/mol. The molecule has 4 heteroatoms. The highest BCUT2D eigenvalue weighted by atomic mass is 79.9. The fourth-order valence-corrected chi connectivity index (χ4v) is 3.65. The van der Waals surface area contributed by atoms with Crippen LogP contribution in [0, 0.1) is 18.8 Å². The Bertz CT molecular complexity index is 477. The highest BCUT2D eigenvalue weighted by molar-refractivity contribution is 9.10. The van der Waals surface area contributed by atoms with E-state index in [1.54, 1.807) is 0 Å². The predicted octanol–water partition coefficient (Wildman–Crippen LogP) is 2.05. The minimum atomic E-state index is 0.163. The lowest BCUT2D eigenvalue weighted by Crippen LogP contribution is -2.32. The van der Waals surface area contributed by atoms with Crippen molar-refractivity contribution >= 4 is 21.8 Å². The highest BCUT2D eigenvalue weighted by Gasteiger charge is 2.38. The first-order valence-corrected chi connectivity index (χ1v) is 7.20. The van der Waals surface area contributed by atoms with Crippen molar-refractivity contribution in [1.29, 1.82) is 0 Å². The van der Waals surface area contributed by atoms with E-state index in [1.807, 2.05) is 30.0 Å². The molecule has 18 heavy (non-hydrogen) atoms. The smallest absolute Gasteiger partial charge is 0.255 e. The Kier molecular flexibility index (Phi) is 3.16. The molecule has 0 spiro atoms. The quantitative estimate of drug-likeness (QED) is 0.861. The Hall–Kier alpha value is -0.870. The first kappa shape index (κ1) is 12.2. The minimum Gasteiger partial charge on any atom is -0.338 e. The van der Waals surface area contributed by atoms with E-state index >= 15 is 0 Å². The molecule has 1 N–H and O–H groups in total. The van der Waals surface area contributed by atoms with Gasteiger partial charge in [0.2, 0.25) is 0 Å². The summed E-state index contributed by atoms with van der Waals surface area (Å²) in [6, 6.07) is 5.93. The van der Waals surface area contributed by atoms with E-state index in [-0.39, 0.29) is 5.91 Å². The van der Waals surface area contributed by atoms with Gasteiger partial charge in [0.25, 0.3) is 5.91 Å². The number of nitrogens with one attached hydrogen (secondary N) is 1. The second kappa shape index (κ2) is 4.67. The van der Waals surface area contributed by atoms with Crippen molar-refractivity contribution in [3.8, 4) is 0 Å². The van der Waals surface area contributed by atoms with Crippen molar-refractivity contribution in [2.24, 2.45) is 11.8 Å². The van der Waals surface area contributed by atoms with Crippen LogP contribution in [0.15, 0.2) is 22.7 Å². The van der Waals surface area contributed by atoms with Gasteiger partial charge < -0.3 is 10.2 Å². The summed E-state index contributed by atoms with van der Waals surface area (Å²) in [5.74, 6) is 1.47. The van der Waals surface area contributed by atoms with E-state index in [1.165, 1.54) is 5.56 Å². The van der Waals surface area contributed by atoms with Gasteiger partial charge in [-0.3, -0.25) is 4.79 Å². The Morgan fingerprint density at radius 1 is 1.33 bits per heavy atom. The molecule has 1 aromatic carbocycles. The van der Waals surface area contributed by atoms with Gasteiger partial charge in [-0.25, -0.2) is 0 Å². The number of nitrogens with zero attached hydrogens (tertiary/aromatic N) is 1. The van der Waals surface area contributed by atoms with E-state index in [2.05, 4.69) is 21.2 Å². The number of hydrogen-bond donors (Lipinski definition) is 1. The van der Waals surface area contributed by atoms with Crippen LogP contribution in [-0.2, 0) is 0 Å². The summed E-state index contributed by atoms with van der Waals surface area (Å²) in [7, 11) is 0. The van der Waals surface area contributed by atoms with E-state index in [9.17, 15) is 4.79 Å². The molecule has 2 atom stereocenters. The van der Waals surface area contributed by atoms with Crippen LogP contribution in [0.4, 0.5) is 0 Å². The number of amides is 1. The number of fused-ring (bicyclic) bond motifs is 1. The fourth-order valence-electron chi connectivity index (χ4n) is 2.99. The number of rotatable bonds is 1. The van der Waals surface area contributed by atoms with E-state index < -0.39 is 0 Å². The van der Waals surface area contributed by atoms with Crippen molar-refractivity contribution in [2.45, 2.75) is 6.92 Å². The third-order valence-electron chi connectivity index (χ3n) is 4.03. The van der Waals surface area contributed by atoms with E-state index in [4.69, 9.17) is 0 Å². The Morgan fingerprint density at radius 3 is 2.61 bits per heavy atom. The van der Waals surface area contributed by atoms with Crippen molar-refractivity contribution < 1.29 is 4.79 Å². The molecule has 2 saturated heterocycles. The molecule has 2 heterocycles. The molecule has 1 aromatic rings. The molecule has 0 aromatic heterocycles. The van der Waals surface area contributed by atoms with Gasteiger partial charge in [-0.2, -0.15) is 0 Å². The van der Waals surface area contributed by atoms with Gasteiger partial charge >= 0.3 is 0 Å². The van der Waals surface area contributed by atoms with Gasteiger partial charge in [0.15, 0.2) is 0 Å². The first-order valence-electron chi connectivity index (χ1n) is 6.41. The number of benzene rings is 1. The van der Waals surface area contributed by atoms with Gasteiger partial charge in [0, 0.05) is 30.7 Å². The molecule has 0 aliphatic carbocycles. The zero-order valence-electron chi connectivity index (χ0n) is 10.4. The Balaban J connectivity index is 1.79. The second-order valence-corrected chi connectivity index (χ2v) is 6.23. The first-order chi connectivity index (χ1) is 8.65. The predicted molar refractivity (Wildman–Crippen MR) is 74.6 cm³/mol. The maximum atomic E-state index is 12.5. The molecule has 3 nitrogen and oxygen atoms in total. The minimum absolute atomic E-state index is 0.163. The molecule has 1 amide bonds. The normalized spacial score (nSPS) is 26.4. The zero-order chi connectivity index (χ0) is 12.7. The topological polar surface area (TPSA) is 32.3 Å². The molecule has 2 unspecified atom stereocenters. The highest BCUT2D eigenvalue weighted by Crippen LogP contribution is 2.29. The summed E-state index contributed by atoms with van der Waals surface area (Å²) in [5.41, 5.74) is 1.95. The molecule has 2 aliphatic heterocycles. The van der Waals surface area contributed by atoms with Crippen LogP contribution < -0.4 is 5.32 Å². The zero-order valence-corrected chi connectivity index (χ0v) is 12.0. The lowest BCUT2D eigenvalue weighted by atomic mass is 10.0. The lowest BCUT2D eigenvalue weighted by Gasteiger charge is -2.18. The molecule has 96 valence electrons. The molecule has 3 rings (SSSR count). The SMILES string of the molecule is Cc1ccc(C(=O)N2CC3CNCC3C2)c(Br)c1. The molecule has 0 bridgehead atoms. The van der Waals surface area contributed by atoms with Crippen LogP contribution in [-0.4, -0.2) is 37.0 Å². The summed E-state index contributed by atoms with van der Waals surface area (Å²) in [6.07, 6.45) is 0. The van der Waals surface area contributed by atoms with Crippen molar-refractivity contribution in [2.75, 3.05) is 26.2 Å². The largest absolute Gasteiger partial charge is 0.338 e. The Labute approximate surface area is 116 Å². The molecule has 2 fully saturated rings. The van der Waals surface area contributed by atoms with Crippen LogP contribution in [0.2, 0.25) is 0 Å². The van der Waals surface area contributed by atoms with Gasteiger partial charge in [-0.1, -0.05) is 6.07 Å². The second-order valence-electron chi connectivity index (χ2n) is 5.37. The summed E-state index contributed by atoms with van der Waals surface area (Å²) in [4.78, 5) is 14.5. The van der Waals surface area contributed by atoms with Gasteiger partial charge in [0.05, 0.1) is 5.56 Å². The van der Waals surface area contributed by atoms with Crippen molar-refractivity contribution in [3.05, 3.63) is 33.8 Å². The monoisotopic (exact) mass is 308 g/mol. The summed E-state index contributed by atoms with van der Waals surface area (Å²) < 4.78 is 0.905. The van der Waals surface area contributed by atoms with E-state index in [0.717, 1.165) is 36.2 Å². The number of halogens is 1. The van der Waals surface area contributed by atoms with Crippen molar-refractivity contribution in [3.63, 3.8) is 0 Å². The number of carbonyl (C=O) groups is 1. The van der Waals surface area contributed by atoms with Gasteiger partial charge in [0.1, 0.15) is 0 Å². The average Bonchev–Trinajstić information content (AvgIpc) is 2.87. The number of aryl methyl sites for hydroxylation is 1. The van der Waals surface area contributed by atoms with E-state index in [0.29, 0.717) is 11.8 Å². The van der Waals surface area contributed by atoms with Crippen LogP contribution in [0.5, 0.6) is 0 Å². The van der Waals surface area contributed by atoms with Gasteiger partial charge in [-0.05, 0) is 52.4 Å². The maximum absolute atomic E-state index is 12.5. The maximum Gasteiger partial charge on any atom is 0.255 e. The molecule has 2 aliphatic rings. The number of carbonyl (C=O) groups excluding carboxylic acids is 1. The van der Waals surface area contributed by atoms with Crippen LogP contribution in [0.3, 0.4) is 0 Å². The number of likely N-dealkylation sites (tertiary alicyclic amines) is 1. The third kappa shape index (κ3) is 2.08. The summed E-state index contributed by atoms with van der Waals surface area (Å²) >= 11 is 3.50. The lowest BCUT2D eigenvalue weighted by molar-refractivity contribution is 0.0781.